The molecule has 0 aliphatic rings. The summed E-state index contributed by atoms with van der Waals surface area (Å²) in [5, 5.41) is 0.122. The minimum atomic E-state index is -3.77. The predicted octanol–water partition coefficient (Wildman–Crippen LogP) is 2.28. The number of hydrogen-bond donors (Lipinski definition) is 2. The molecule has 0 saturated heterocycles. The second-order valence-electron chi connectivity index (χ2n) is 4.56. The number of ether oxygens (including phenoxy) is 1. The molecule has 0 unspecified atom stereocenters. The van der Waals surface area contributed by atoms with Crippen molar-refractivity contribution in [3.05, 3.63) is 22.2 Å². The molecule has 0 heterocycles. The Kier molecular flexibility index (Phi) is 5.08. The molecule has 3 N–H and O–H groups in total. The van der Waals surface area contributed by atoms with Crippen molar-refractivity contribution in [2.45, 2.75) is 24.3 Å². The Morgan fingerprint density at radius 1 is 1.37 bits per heavy atom. The molecule has 0 amide bonds. The van der Waals surface area contributed by atoms with E-state index in [4.69, 9.17) is 33.7 Å². The fraction of sp³-hybridized carbons (Fsp3) is 0.455. The summed E-state index contributed by atoms with van der Waals surface area (Å²) in [6.07, 6.45) is 0. The van der Waals surface area contributed by atoms with Crippen LogP contribution in [0.4, 0.5) is 5.69 Å². The Morgan fingerprint density at radius 2 is 1.95 bits per heavy atom. The Morgan fingerprint density at radius 3 is 2.47 bits per heavy atom. The van der Waals surface area contributed by atoms with Crippen molar-refractivity contribution in [1.29, 1.82) is 0 Å². The van der Waals surface area contributed by atoms with Gasteiger partial charge < -0.3 is 10.5 Å². The summed E-state index contributed by atoms with van der Waals surface area (Å²) in [7, 11) is -2.27. The average molecular weight is 327 g/mol. The van der Waals surface area contributed by atoms with Gasteiger partial charge in [-0.2, -0.15) is 0 Å². The molecule has 1 aromatic rings. The second-order valence-corrected chi connectivity index (χ2v) is 7.08. The summed E-state index contributed by atoms with van der Waals surface area (Å²) in [6, 6.07) is 2.70. The van der Waals surface area contributed by atoms with Gasteiger partial charge in [-0.1, -0.05) is 23.2 Å². The quantitative estimate of drug-likeness (QED) is 0.813. The highest BCUT2D eigenvalue weighted by atomic mass is 35.5. The van der Waals surface area contributed by atoms with Crippen LogP contribution in [0.2, 0.25) is 10.0 Å². The molecule has 0 saturated carbocycles. The Hall–Kier alpha value is -0.530. The van der Waals surface area contributed by atoms with Crippen LogP contribution in [-0.2, 0) is 14.8 Å². The third-order valence-corrected chi connectivity index (χ3v) is 4.91. The second kappa shape index (κ2) is 5.85. The highest BCUT2D eigenvalue weighted by molar-refractivity contribution is 7.89. The maximum absolute atomic E-state index is 12.1. The fourth-order valence-electron chi connectivity index (χ4n) is 1.18. The molecule has 0 fully saturated rings. The predicted molar refractivity (Wildman–Crippen MR) is 77.2 cm³/mol. The summed E-state index contributed by atoms with van der Waals surface area (Å²) in [5.41, 5.74) is 5.02. The zero-order valence-electron chi connectivity index (χ0n) is 10.8. The molecule has 1 aromatic carbocycles. The van der Waals surface area contributed by atoms with Gasteiger partial charge in [-0.3, -0.25) is 0 Å². The number of halogens is 2. The van der Waals surface area contributed by atoms with Crippen LogP contribution in [0.25, 0.3) is 0 Å². The van der Waals surface area contributed by atoms with E-state index in [-0.39, 0.29) is 27.2 Å². The van der Waals surface area contributed by atoms with Gasteiger partial charge in [0.2, 0.25) is 10.0 Å². The van der Waals surface area contributed by atoms with Gasteiger partial charge >= 0.3 is 0 Å². The molecular formula is C11H16Cl2N2O3S. The number of hydrogen-bond acceptors (Lipinski definition) is 4. The van der Waals surface area contributed by atoms with E-state index in [1.807, 2.05) is 0 Å². The van der Waals surface area contributed by atoms with Crippen molar-refractivity contribution in [2.24, 2.45) is 0 Å². The van der Waals surface area contributed by atoms with E-state index in [1.54, 1.807) is 13.8 Å². The topological polar surface area (TPSA) is 81.4 Å². The lowest BCUT2D eigenvalue weighted by Crippen LogP contribution is -2.39. The van der Waals surface area contributed by atoms with Crippen LogP contribution in [-0.4, -0.2) is 27.7 Å². The SMILES string of the molecule is COC(C)(C)CNS(=O)(=O)c1ccc(Cl)c(N)c1Cl. The molecule has 5 nitrogen and oxygen atoms in total. The van der Waals surface area contributed by atoms with Gasteiger partial charge in [-0.15, -0.1) is 0 Å². The first kappa shape index (κ1) is 16.5. The van der Waals surface area contributed by atoms with E-state index in [0.29, 0.717) is 0 Å². The van der Waals surface area contributed by atoms with Crippen molar-refractivity contribution < 1.29 is 13.2 Å². The first-order valence-corrected chi connectivity index (χ1v) is 7.63. The van der Waals surface area contributed by atoms with Gasteiger partial charge in [0.1, 0.15) is 4.90 Å². The monoisotopic (exact) mass is 326 g/mol. The van der Waals surface area contributed by atoms with Crippen LogP contribution in [0.5, 0.6) is 0 Å². The van der Waals surface area contributed by atoms with Gasteiger partial charge in [0.25, 0.3) is 0 Å². The lowest BCUT2D eigenvalue weighted by molar-refractivity contribution is 0.0276. The van der Waals surface area contributed by atoms with Gasteiger partial charge in [-0.05, 0) is 26.0 Å². The minimum Gasteiger partial charge on any atom is -0.396 e. The Bertz CT molecular complexity index is 574. The molecule has 0 spiro atoms. The molecule has 108 valence electrons. The summed E-state index contributed by atoms with van der Waals surface area (Å²) >= 11 is 11.7. The van der Waals surface area contributed by atoms with Crippen LogP contribution >= 0.6 is 23.2 Å². The normalized spacial score (nSPS) is 12.7. The molecule has 8 heteroatoms. The van der Waals surface area contributed by atoms with Crippen LogP contribution in [0.15, 0.2) is 17.0 Å². The maximum Gasteiger partial charge on any atom is 0.242 e. The molecule has 0 bridgehead atoms. The maximum atomic E-state index is 12.1. The van der Waals surface area contributed by atoms with Crippen LogP contribution in [0.1, 0.15) is 13.8 Å². The molecule has 1 rings (SSSR count). The lowest BCUT2D eigenvalue weighted by atomic mass is 10.1. The van der Waals surface area contributed by atoms with Crippen LogP contribution in [0, 0.1) is 0 Å². The average Bonchev–Trinajstić information content (AvgIpc) is 2.34. The van der Waals surface area contributed by atoms with E-state index < -0.39 is 15.6 Å². The Labute approximate surface area is 123 Å². The molecule has 0 aliphatic heterocycles. The zero-order chi connectivity index (χ0) is 14.8. The van der Waals surface area contributed by atoms with Gasteiger partial charge in [0.05, 0.1) is 21.3 Å². The standard InChI is InChI=1S/C11H16Cl2N2O3S/c1-11(2,18-3)6-15-19(16,17)8-5-4-7(12)10(14)9(8)13/h4-5,15H,6,14H2,1-3H3. The third kappa shape index (κ3) is 3.97. The highest BCUT2D eigenvalue weighted by Gasteiger charge is 2.24. The molecule has 0 atom stereocenters. The fourth-order valence-corrected chi connectivity index (χ4v) is 3.14. The molecular weight excluding hydrogens is 311 g/mol. The van der Waals surface area contributed by atoms with Crippen molar-refractivity contribution in [1.82, 2.24) is 4.72 Å². The largest absolute Gasteiger partial charge is 0.396 e. The minimum absolute atomic E-state index is 0.0391. The Balaban J connectivity index is 3.06. The zero-order valence-corrected chi connectivity index (χ0v) is 13.2. The van der Waals surface area contributed by atoms with E-state index in [0.717, 1.165) is 0 Å². The molecule has 0 aliphatic carbocycles. The number of nitrogens with one attached hydrogen (secondary N) is 1. The lowest BCUT2D eigenvalue weighted by Gasteiger charge is -2.23. The molecule has 0 radical (unpaired) electrons. The van der Waals surface area contributed by atoms with Crippen molar-refractivity contribution >= 4 is 38.9 Å². The third-order valence-electron chi connectivity index (χ3n) is 2.62. The number of benzene rings is 1. The number of rotatable bonds is 5. The van der Waals surface area contributed by atoms with E-state index >= 15 is 0 Å². The smallest absolute Gasteiger partial charge is 0.242 e. The molecule has 0 aromatic heterocycles. The number of nitrogens with two attached hydrogens (primary N) is 1. The number of methoxy groups -OCH3 is 1. The highest BCUT2D eigenvalue weighted by Crippen LogP contribution is 2.33. The summed E-state index contributed by atoms with van der Waals surface area (Å²) in [6.45, 7) is 3.62. The van der Waals surface area contributed by atoms with E-state index in [1.165, 1.54) is 19.2 Å². The van der Waals surface area contributed by atoms with Crippen LogP contribution in [0.3, 0.4) is 0 Å². The summed E-state index contributed by atoms with van der Waals surface area (Å²) < 4.78 is 31.8. The summed E-state index contributed by atoms with van der Waals surface area (Å²) in [5.74, 6) is 0. The first-order valence-electron chi connectivity index (χ1n) is 5.39. The van der Waals surface area contributed by atoms with E-state index in [9.17, 15) is 8.42 Å². The van der Waals surface area contributed by atoms with Gasteiger partial charge in [0.15, 0.2) is 0 Å². The van der Waals surface area contributed by atoms with Crippen LogP contribution < -0.4 is 10.5 Å². The van der Waals surface area contributed by atoms with Gasteiger partial charge in [-0.25, -0.2) is 13.1 Å². The summed E-state index contributed by atoms with van der Waals surface area (Å²) in [4.78, 5) is -0.108. The van der Waals surface area contributed by atoms with Gasteiger partial charge in [0, 0.05) is 13.7 Å². The van der Waals surface area contributed by atoms with Crippen molar-refractivity contribution in [3.63, 3.8) is 0 Å². The van der Waals surface area contributed by atoms with Crippen molar-refractivity contribution in [3.8, 4) is 0 Å². The molecule has 19 heavy (non-hydrogen) atoms. The number of sulfonamides is 1. The van der Waals surface area contributed by atoms with E-state index in [2.05, 4.69) is 4.72 Å². The first-order chi connectivity index (χ1) is 8.60. The number of anilines is 1. The number of nitrogen functional groups attached to an aromatic ring is 1. The van der Waals surface area contributed by atoms with Crippen molar-refractivity contribution in [2.75, 3.05) is 19.4 Å².